The minimum atomic E-state index is -3.17. The SMILES string of the molecule is O=C(Nc1ccccc1)N1c2ccccc2SP1(=O)c1ccccc1. The first-order valence-corrected chi connectivity index (χ1v) is 10.9. The normalized spacial score (nSPS) is 18.6. The lowest BCUT2D eigenvalue weighted by molar-refractivity contribution is 0.260. The Morgan fingerprint density at radius 2 is 1.44 bits per heavy atom. The van der Waals surface area contributed by atoms with E-state index in [9.17, 15) is 9.36 Å². The molecule has 0 radical (unpaired) electrons. The van der Waals surface area contributed by atoms with Crippen LogP contribution in [0.25, 0.3) is 0 Å². The Morgan fingerprint density at radius 1 is 0.840 bits per heavy atom. The molecule has 1 aliphatic rings. The highest BCUT2D eigenvalue weighted by atomic mass is 32.7. The Kier molecular flexibility index (Phi) is 4.12. The molecular formula is C19H15N2O2PS. The second-order valence-electron chi connectivity index (χ2n) is 5.52. The van der Waals surface area contributed by atoms with E-state index in [2.05, 4.69) is 5.32 Å². The maximum absolute atomic E-state index is 13.9. The molecule has 6 heteroatoms. The fourth-order valence-electron chi connectivity index (χ4n) is 2.74. The Morgan fingerprint density at radius 3 is 2.16 bits per heavy atom. The zero-order chi connectivity index (χ0) is 17.3. The molecule has 1 aliphatic heterocycles. The van der Waals surface area contributed by atoms with Crippen molar-refractivity contribution in [1.29, 1.82) is 0 Å². The summed E-state index contributed by atoms with van der Waals surface area (Å²) in [5, 5.41) is 3.50. The Hall–Kier alpha value is -2.49. The molecule has 3 aromatic carbocycles. The minimum absolute atomic E-state index is 0.393. The maximum atomic E-state index is 13.9. The lowest BCUT2D eigenvalue weighted by atomic mass is 10.3. The van der Waals surface area contributed by atoms with Crippen LogP contribution in [-0.2, 0) is 4.57 Å². The highest BCUT2D eigenvalue weighted by molar-refractivity contribution is 8.61. The van der Waals surface area contributed by atoms with Crippen molar-refractivity contribution in [3.63, 3.8) is 0 Å². The summed E-state index contributed by atoms with van der Waals surface area (Å²) >= 11 is 1.26. The van der Waals surface area contributed by atoms with Gasteiger partial charge in [-0.05, 0) is 47.8 Å². The molecule has 25 heavy (non-hydrogen) atoms. The zero-order valence-electron chi connectivity index (χ0n) is 13.2. The number of carbonyl (C=O) groups is 1. The minimum Gasteiger partial charge on any atom is -0.307 e. The predicted molar refractivity (Wildman–Crippen MR) is 104 cm³/mol. The van der Waals surface area contributed by atoms with E-state index >= 15 is 0 Å². The first kappa shape index (κ1) is 16.0. The summed E-state index contributed by atoms with van der Waals surface area (Å²) in [5.41, 5.74) is 1.34. The van der Waals surface area contributed by atoms with E-state index in [0.29, 0.717) is 16.7 Å². The third-order valence-electron chi connectivity index (χ3n) is 3.88. The van der Waals surface area contributed by atoms with Gasteiger partial charge in [-0.25, -0.2) is 9.46 Å². The number of urea groups is 1. The van der Waals surface area contributed by atoms with E-state index in [1.807, 2.05) is 72.8 Å². The van der Waals surface area contributed by atoms with Crippen LogP contribution in [-0.4, -0.2) is 6.03 Å². The number of amides is 2. The summed E-state index contributed by atoms with van der Waals surface area (Å²) in [6.07, 6.45) is 0. The molecule has 124 valence electrons. The molecule has 0 fully saturated rings. The molecule has 4 rings (SSSR count). The highest BCUT2D eigenvalue weighted by Crippen LogP contribution is 2.71. The van der Waals surface area contributed by atoms with Crippen LogP contribution in [0.1, 0.15) is 0 Å². The Balaban J connectivity index is 1.78. The molecule has 4 nitrogen and oxygen atoms in total. The summed E-state index contributed by atoms with van der Waals surface area (Å²) in [4.78, 5) is 13.8. The van der Waals surface area contributed by atoms with Gasteiger partial charge in [0.1, 0.15) is 0 Å². The van der Waals surface area contributed by atoms with E-state index < -0.39 is 12.5 Å². The van der Waals surface area contributed by atoms with Crippen LogP contribution in [0.4, 0.5) is 16.2 Å². The second kappa shape index (κ2) is 6.43. The van der Waals surface area contributed by atoms with Gasteiger partial charge >= 0.3 is 6.03 Å². The average Bonchev–Trinajstić information content (AvgIpc) is 2.96. The van der Waals surface area contributed by atoms with Crippen LogP contribution in [0.2, 0.25) is 0 Å². The molecule has 0 saturated carbocycles. The number of rotatable bonds is 2. The number of para-hydroxylation sites is 2. The van der Waals surface area contributed by atoms with Crippen LogP contribution in [0.3, 0.4) is 0 Å². The number of nitrogens with zero attached hydrogens (tertiary/aromatic N) is 1. The van der Waals surface area contributed by atoms with Gasteiger partial charge in [0.15, 0.2) is 0 Å². The van der Waals surface area contributed by atoms with E-state index in [1.54, 1.807) is 12.1 Å². The summed E-state index contributed by atoms with van der Waals surface area (Å²) in [5.74, 6) is 0. The van der Waals surface area contributed by atoms with Gasteiger partial charge in [-0.3, -0.25) is 4.57 Å². The van der Waals surface area contributed by atoms with Crippen molar-refractivity contribution >= 4 is 40.6 Å². The monoisotopic (exact) mass is 366 g/mol. The van der Waals surface area contributed by atoms with Gasteiger partial charge in [-0.2, -0.15) is 0 Å². The number of hydrogen-bond donors (Lipinski definition) is 1. The van der Waals surface area contributed by atoms with Crippen LogP contribution in [0.5, 0.6) is 0 Å². The van der Waals surface area contributed by atoms with Crippen molar-refractivity contribution in [3.8, 4) is 0 Å². The molecule has 3 aromatic rings. The molecule has 0 bridgehead atoms. The fraction of sp³-hybridized carbons (Fsp3) is 0. The molecule has 1 unspecified atom stereocenters. The van der Waals surface area contributed by atoms with Crippen molar-refractivity contribution < 1.29 is 9.36 Å². The number of anilines is 2. The summed E-state index contributed by atoms with van der Waals surface area (Å²) in [6, 6.07) is 25.4. The average molecular weight is 366 g/mol. The third kappa shape index (κ3) is 2.86. The van der Waals surface area contributed by atoms with Gasteiger partial charge in [0.25, 0.3) is 6.49 Å². The molecule has 1 atom stereocenters. The van der Waals surface area contributed by atoms with Crippen molar-refractivity contribution in [2.45, 2.75) is 4.90 Å². The lowest BCUT2D eigenvalue weighted by Crippen LogP contribution is -2.32. The van der Waals surface area contributed by atoms with E-state index in [-0.39, 0.29) is 0 Å². The quantitative estimate of drug-likeness (QED) is 0.622. The lowest BCUT2D eigenvalue weighted by Gasteiger charge is -2.25. The van der Waals surface area contributed by atoms with Gasteiger partial charge in [-0.1, -0.05) is 48.5 Å². The number of carbonyl (C=O) groups excluding carboxylic acids is 1. The topological polar surface area (TPSA) is 49.4 Å². The molecule has 1 heterocycles. The maximum Gasteiger partial charge on any atom is 0.332 e. The van der Waals surface area contributed by atoms with Crippen LogP contribution < -0.4 is 15.3 Å². The van der Waals surface area contributed by atoms with Crippen molar-refractivity contribution in [2.24, 2.45) is 0 Å². The van der Waals surface area contributed by atoms with Gasteiger partial charge in [0.05, 0.1) is 5.69 Å². The van der Waals surface area contributed by atoms with Crippen molar-refractivity contribution in [2.75, 3.05) is 9.99 Å². The molecule has 1 N–H and O–H groups in total. The number of hydrogen-bond acceptors (Lipinski definition) is 3. The van der Waals surface area contributed by atoms with Gasteiger partial charge in [0.2, 0.25) is 0 Å². The van der Waals surface area contributed by atoms with Crippen LogP contribution in [0.15, 0.2) is 89.8 Å². The molecule has 0 aliphatic carbocycles. The molecule has 0 spiro atoms. The van der Waals surface area contributed by atoms with E-state index in [4.69, 9.17) is 0 Å². The standard InChI is InChI=1S/C19H15N2O2PS/c22-19(20-15-9-3-1-4-10-15)21-17-13-7-8-14-18(17)25-24(21,23)16-11-5-2-6-12-16/h1-14H,(H,20,22). The molecule has 0 saturated heterocycles. The van der Waals surface area contributed by atoms with E-state index in [0.717, 1.165) is 4.90 Å². The van der Waals surface area contributed by atoms with Gasteiger partial charge in [-0.15, -0.1) is 0 Å². The Bertz CT molecular complexity index is 963. The second-order valence-corrected chi connectivity index (χ2v) is 10.1. The Labute approximate surface area is 150 Å². The number of benzene rings is 3. The highest BCUT2D eigenvalue weighted by Gasteiger charge is 2.45. The number of nitrogens with one attached hydrogen (secondary N) is 1. The number of fused-ring (bicyclic) bond motifs is 1. The van der Waals surface area contributed by atoms with Crippen molar-refractivity contribution in [1.82, 2.24) is 0 Å². The fourth-order valence-corrected chi connectivity index (χ4v) is 7.85. The smallest absolute Gasteiger partial charge is 0.307 e. The van der Waals surface area contributed by atoms with Crippen LogP contribution in [0, 0.1) is 0 Å². The molecule has 0 aromatic heterocycles. The summed E-state index contributed by atoms with van der Waals surface area (Å²) < 4.78 is 15.3. The molecule has 2 amide bonds. The summed E-state index contributed by atoms with van der Waals surface area (Å²) in [6.45, 7) is -3.17. The predicted octanol–water partition coefficient (Wildman–Crippen LogP) is 5.35. The van der Waals surface area contributed by atoms with Crippen LogP contribution >= 0.6 is 17.9 Å². The zero-order valence-corrected chi connectivity index (χ0v) is 14.9. The van der Waals surface area contributed by atoms with Gasteiger partial charge in [0, 0.05) is 15.9 Å². The van der Waals surface area contributed by atoms with Crippen molar-refractivity contribution in [3.05, 3.63) is 84.9 Å². The summed E-state index contributed by atoms with van der Waals surface area (Å²) in [7, 11) is 0. The van der Waals surface area contributed by atoms with E-state index in [1.165, 1.54) is 16.1 Å². The van der Waals surface area contributed by atoms with Gasteiger partial charge < -0.3 is 5.32 Å². The first-order valence-electron chi connectivity index (χ1n) is 7.79. The third-order valence-corrected chi connectivity index (χ3v) is 9.00. The largest absolute Gasteiger partial charge is 0.332 e. The molecular weight excluding hydrogens is 351 g/mol. The first-order chi connectivity index (χ1) is 12.2.